The topological polar surface area (TPSA) is 92.9 Å². The molecule has 0 aliphatic heterocycles. The Morgan fingerprint density at radius 1 is 1.67 bits per heavy atom. The molecule has 1 rings (SSSR count). The van der Waals surface area contributed by atoms with Crippen LogP contribution in [0.2, 0.25) is 0 Å². The van der Waals surface area contributed by atoms with Crippen LogP contribution in [0.4, 0.5) is 0 Å². The van der Waals surface area contributed by atoms with Crippen molar-refractivity contribution in [2.24, 2.45) is 0 Å². The first kappa shape index (κ1) is 8.60. The fourth-order valence-electron chi connectivity index (χ4n) is 0.740. The van der Waals surface area contributed by atoms with E-state index in [1.807, 2.05) is 0 Å². The Balaban J connectivity index is 2.15. The lowest BCUT2D eigenvalue weighted by molar-refractivity contribution is -0.129. The molecular formula is C5H9N5O2. The van der Waals surface area contributed by atoms with Crippen LogP contribution in [-0.4, -0.2) is 31.3 Å². The van der Waals surface area contributed by atoms with Gasteiger partial charge in [0, 0.05) is 13.0 Å². The molecule has 12 heavy (non-hydrogen) atoms. The zero-order valence-electron chi connectivity index (χ0n) is 6.34. The molecular weight excluding hydrogens is 162 g/mol. The zero-order valence-corrected chi connectivity index (χ0v) is 6.34. The minimum absolute atomic E-state index is 0.260. The van der Waals surface area contributed by atoms with E-state index < -0.39 is 5.91 Å². The third-order valence-corrected chi connectivity index (χ3v) is 1.31. The molecule has 0 atom stereocenters. The summed E-state index contributed by atoms with van der Waals surface area (Å²) >= 11 is 0. The normalized spacial score (nSPS) is 9.75. The van der Waals surface area contributed by atoms with Crippen LogP contribution in [0.5, 0.6) is 0 Å². The van der Waals surface area contributed by atoms with Gasteiger partial charge in [-0.15, -0.1) is 5.10 Å². The summed E-state index contributed by atoms with van der Waals surface area (Å²) in [4.78, 5) is 10.5. The van der Waals surface area contributed by atoms with Crippen molar-refractivity contribution >= 4 is 5.91 Å². The molecule has 66 valence electrons. The van der Waals surface area contributed by atoms with E-state index >= 15 is 0 Å². The number of nitrogens with zero attached hydrogens (tertiary/aromatic N) is 4. The molecule has 7 heteroatoms. The van der Waals surface area contributed by atoms with E-state index in [1.165, 1.54) is 11.0 Å². The van der Waals surface area contributed by atoms with Gasteiger partial charge in [0.1, 0.15) is 6.33 Å². The number of amides is 1. The first-order valence-electron chi connectivity index (χ1n) is 3.46. The Labute approximate surface area is 68.3 Å². The van der Waals surface area contributed by atoms with Gasteiger partial charge in [-0.25, -0.2) is 10.2 Å². The molecule has 0 aliphatic rings. The van der Waals surface area contributed by atoms with Gasteiger partial charge in [-0.05, 0) is 16.8 Å². The molecule has 1 heterocycles. The Morgan fingerprint density at radius 2 is 2.50 bits per heavy atom. The van der Waals surface area contributed by atoms with Crippen LogP contribution in [0.25, 0.3) is 0 Å². The maximum Gasteiger partial charge on any atom is 0.243 e. The minimum atomic E-state index is -0.400. The summed E-state index contributed by atoms with van der Waals surface area (Å²) < 4.78 is 1.52. The van der Waals surface area contributed by atoms with E-state index in [4.69, 9.17) is 5.21 Å². The van der Waals surface area contributed by atoms with E-state index in [0.717, 1.165) is 0 Å². The lowest BCUT2D eigenvalue weighted by Gasteiger charge is -1.97. The maximum absolute atomic E-state index is 10.5. The first-order valence-corrected chi connectivity index (χ1v) is 3.46. The molecule has 0 fully saturated rings. The Bertz CT molecular complexity index is 234. The van der Waals surface area contributed by atoms with E-state index in [2.05, 4.69) is 15.5 Å². The van der Waals surface area contributed by atoms with Crippen LogP contribution < -0.4 is 5.48 Å². The number of rotatable bonds is 4. The fourth-order valence-corrected chi connectivity index (χ4v) is 0.740. The van der Waals surface area contributed by atoms with Gasteiger partial charge in [-0.1, -0.05) is 0 Å². The zero-order chi connectivity index (χ0) is 8.81. The van der Waals surface area contributed by atoms with Crippen molar-refractivity contribution in [2.75, 3.05) is 0 Å². The predicted molar refractivity (Wildman–Crippen MR) is 37.0 cm³/mol. The molecule has 1 aromatic heterocycles. The lowest BCUT2D eigenvalue weighted by atomic mass is 10.3. The van der Waals surface area contributed by atoms with Crippen molar-refractivity contribution in [1.29, 1.82) is 0 Å². The van der Waals surface area contributed by atoms with Crippen molar-refractivity contribution in [3.63, 3.8) is 0 Å². The van der Waals surface area contributed by atoms with E-state index in [9.17, 15) is 4.79 Å². The number of carbonyl (C=O) groups excluding carboxylic acids is 1. The molecule has 1 aromatic rings. The summed E-state index contributed by atoms with van der Waals surface area (Å²) in [7, 11) is 0. The molecule has 0 aromatic carbocycles. The van der Waals surface area contributed by atoms with E-state index in [0.29, 0.717) is 13.0 Å². The second-order valence-electron chi connectivity index (χ2n) is 2.21. The SMILES string of the molecule is O=C(CCCn1cnnn1)NO. The van der Waals surface area contributed by atoms with Crippen LogP contribution in [-0.2, 0) is 11.3 Å². The maximum atomic E-state index is 10.5. The number of nitrogens with one attached hydrogen (secondary N) is 1. The predicted octanol–water partition coefficient (Wildman–Crippen LogP) is -1.04. The Hall–Kier alpha value is -1.50. The van der Waals surface area contributed by atoms with Crippen LogP contribution in [0.1, 0.15) is 12.8 Å². The van der Waals surface area contributed by atoms with Gasteiger partial charge in [0.15, 0.2) is 0 Å². The summed E-state index contributed by atoms with van der Waals surface area (Å²) in [6.07, 6.45) is 2.32. The highest BCUT2D eigenvalue weighted by atomic mass is 16.5. The molecule has 0 radical (unpaired) electrons. The summed E-state index contributed by atoms with van der Waals surface area (Å²) in [6, 6.07) is 0. The van der Waals surface area contributed by atoms with Gasteiger partial charge in [0.05, 0.1) is 0 Å². The van der Waals surface area contributed by atoms with E-state index in [1.54, 1.807) is 5.48 Å². The molecule has 0 spiro atoms. The molecule has 0 bridgehead atoms. The van der Waals surface area contributed by atoms with Gasteiger partial charge in [-0.3, -0.25) is 10.0 Å². The summed E-state index contributed by atoms with van der Waals surface area (Å²) in [5, 5.41) is 18.6. The number of hydrogen-bond acceptors (Lipinski definition) is 5. The van der Waals surface area contributed by atoms with Crippen molar-refractivity contribution in [2.45, 2.75) is 19.4 Å². The third-order valence-electron chi connectivity index (χ3n) is 1.31. The van der Waals surface area contributed by atoms with Gasteiger partial charge < -0.3 is 0 Å². The largest absolute Gasteiger partial charge is 0.289 e. The quantitative estimate of drug-likeness (QED) is 0.445. The van der Waals surface area contributed by atoms with Gasteiger partial charge in [-0.2, -0.15) is 0 Å². The van der Waals surface area contributed by atoms with Gasteiger partial charge in [0.25, 0.3) is 0 Å². The summed E-state index contributed by atoms with van der Waals surface area (Å²) in [6.45, 7) is 0.570. The summed E-state index contributed by atoms with van der Waals surface area (Å²) in [5.41, 5.74) is 1.55. The van der Waals surface area contributed by atoms with E-state index in [-0.39, 0.29) is 6.42 Å². The Morgan fingerprint density at radius 3 is 3.08 bits per heavy atom. The van der Waals surface area contributed by atoms with Crippen LogP contribution >= 0.6 is 0 Å². The summed E-state index contributed by atoms with van der Waals surface area (Å²) in [5.74, 6) is -0.400. The molecule has 2 N–H and O–H groups in total. The monoisotopic (exact) mass is 171 g/mol. The number of hydrogen-bond donors (Lipinski definition) is 2. The highest BCUT2D eigenvalue weighted by Crippen LogP contribution is 1.91. The molecule has 1 amide bonds. The van der Waals surface area contributed by atoms with Crippen LogP contribution in [0.3, 0.4) is 0 Å². The molecule has 0 unspecified atom stereocenters. The molecule has 0 saturated heterocycles. The van der Waals surface area contributed by atoms with Gasteiger partial charge in [0.2, 0.25) is 5.91 Å². The second kappa shape index (κ2) is 4.39. The number of tetrazole rings is 1. The first-order chi connectivity index (χ1) is 5.83. The average Bonchev–Trinajstić information content (AvgIpc) is 2.57. The molecule has 7 nitrogen and oxygen atoms in total. The Kier molecular flexibility index (Phi) is 3.15. The van der Waals surface area contributed by atoms with Crippen molar-refractivity contribution in [1.82, 2.24) is 25.7 Å². The van der Waals surface area contributed by atoms with Crippen molar-refractivity contribution in [3.8, 4) is 0 Å². The minimum Gasteiger partial charge on any atom is -0.289 e. The smallest absolute Gasteiger partial charge is 0.243 e. The highest BCUT2D eigenvalue weighted by molar-refractivity contribution is 5.74. The van der Waals surface area contributed by atoms with Crippen LogP contribution in [0.15, 0.2) is 6.33 Å². The number of aryl methyl sites for hydroxylation is 1. The van der Waals surface area contributed by atoms with Crippen molar-refractivity contribution < 1.29 is 10.0 Å². The third kappa shape index (κ3) is 2.62. The molecule has 0 aliphatic carbocycles. The average molecular weight is 171 g/mol. The standard InChI is InChI=1S/C5H9N5O2/c11-5(7-12)2-1-3-10-4-6-8-9-10/h4,12H,1-3H2,(H,7,11). The van der Waals surface area contributed by atoms with Crippen LogP contribution in [0, 0.1) is 0 Å². The number of carbonyl (C=O) groups is 1. The number of hydroxylamine groups is 1. The van der Waals surface area contributed by atoms with Gasteiger partial charge >= 0.3 is 0 Å². The van der Waals surface area contributed by atoms with Crippen molar-refractivity contribution in [3.05, 3.63) is 6.33 Å². The lowest BCUT2D eigenvalue weighted by Crippen LogP contribution is -2.18. The highest BCUT2D eigenvalue weighted by Gasteiger charge is 1.98. The molecule has 0 saturated carbocycles. The number of aromatic nitrogens is 4. The second-order valence-corrected chi connectivity index (χ2v) is 2.21. The fraction of sp³-hybridized carbons (Fsp3) is 0.600.